The third-order valence-electron chi connectivity index (χ3n) is 9.24. The molecule has 21 heteroatoms. The summed E-state index contributed by atoms with van der Waals surface area (Å²) in [4.78, 5) is 90.0. The van der Waals surface area contributed by atoms with Gasteiger partial charge in [-0.2, -0.15) is 0 Å². The van der Waals surface area contributed by atoms with Crippen molar-refractivity contribution in [2.75, 3.05) is 48.7 Å². The normalized spacial score (nSPS) is 20.2. The zero-order chi connectivity index (χ0) is 47.0. The second-order valence-electron chi connectivity index (χ2n) is 14.1. The van der Waals surface area contributed by atoms with E-state index < -0.39 is 42.6 Å². The second-order valence-corrected chi connectivity index (χ2v) is 19.6. The summed E-state index contributed by atoms with van der Waals surface area (Å²) in [6.07, 6.45) is 9.17. The summed E-state index contributed by atoms with van der Waals surface area (Å²) in [6.45, 7) is 3.92. The summed E-state index contributed by atoms with van der Waals surface area (Å²) in [5.41, 5.74) is 11.0. The molecule has 1 amide bonds. The van der Waals surface area contributed by atoms with Crippen molar-refractivity contribution in [3.8, 4) is 0 Å². The molecular formula is C39H69N3O12P2S4. The lowest BCUT2D eigenvalue weighted by Crippen LogP contribution is -2.35. The molecule has 60 heavy (non-hydrogen) atoms. The van der Waals surface area contributed by atoms with Crippen LogP contribution >= 0.6 is 65.5 Å². The van der Waals surface area contributed by atoms with Crippen molar-refractivity contribution in [2.24, 2.45) is 17.4 Å². The molecule has 0 aromatic rings. The molecule has 10 atom stereocenters. The lowest BCUT2D eigenvalue weighted by molar-refractivity contribution is -0.143. The molecule has 2 aliphatic carbocycles. The van der Waals surface area contributed by atoms with E-state index in [0.29, 0.717) is 58.3 Å². The molecule has 8 unspecified atom stereocenters. The molecule has 15 nitrogen and oxygen atoms in total. The van der Waals surface area contributed by atoms with Crippen molar-refractivity contribution < 1.29 is 60.8 Å². The number of thioether (sulfide) groups is 4. The maximum absolute atomic E-state index is 12.2. The lowest BCUT2D eigenvalue weighted by atomic mass is 9.97. The van der Waals surface area contributed by atoms with Gasteiger partial charge in [-0.1, -0.05) is 44.7 Å². The van der Waals surface area contributed by atoms with Crippen LogP contribution in [-0.4, -0.2) is 133 Å². The second kappa shape index (κ2) is 37.0. The summed E-state index contributed by atoms with van der Waals surface area (Å²) >= 11 is 6.29. The number of nitrogens with two attached hydrogens (primary N) is 2. The number of unbranched alkanes of at least 4 members (excludes halogenated alkanes) is 3. The Bertz CT molecular complexity index is 1370. The fraction of sp³-hybridized carbons (Fsp3) is 0.795. The summed E-state index contributed by atoms with van der Waals surface area (Å²) in [5.74, 6) is -1.42. The molecule has 2 fully saturated rings. The van der Waals surface area contributed by atoms with Gasteiger partial charge in [0.05, 0.1) is 38.2 Å². The van der Waals surface area contributed by atoms with Crippen LogP contribution in [0.3, 0.4) is 0 Å². The van der Waals surface area contributed by atoms with E-state index in [0.717, 1.165) is 64.2 Å². The van der Waals surface area contributed by atoms with Gasteiger partial charge >= 0.3 is 23.9 Å². The zero-order valence-electron chi connectivity index (χ0n) is 36.9. The molecule has 0 aromatic heterocycles. The molecule has 0 spiro atoms. The predicted molar refractivity (Wildman–Crippen MR) is 251 cm³/mol. The number of esters is 2. The van der Waals surface area contributed by atoms with Gasteiger partial charge in [0.1, 0.15) is 36.5 Å². The van der Waals surface area contributed by atoms with Crippen LogP contribution in [0, 0.1) is 5.92 Å². The monoisotopic (exact) mass is 965 g/mol. The molecule has 2 aliphatic rings. The van der Waals surface area contributed by atoms with Crippen LogP contribution in [0.1, 0.15) is 113 Å². The highest BCUT2D eigenvalue weighted by atomic mass is 32.2. The fourth-order valence-corrected chi connectivity index (χ4v) is 11.1. The number of Topliss-reactive ketones (excluding diaryl/α,β-unsaturated/α-hetero) is 3. The maximum atomic E-state index is 12.2. The first-order valence-corrected chi connectivity index (χ1v) is 25.7. The Balaban J connectivity index is 0.00000100. The number of aliphatic carboxylic acids is 2. The van der Waals surface area contributed by atoms with Crippen molar-refractivity contribution in [2.45, 2.75) is 137 Å². The van der Waals surface area contributed by atoms with Crippen LogP contribution in [-0.2, 0) is 47.8 Å². The summed E-state index contributed by atoms with van der Waals surface area (Å²) in [7, 11) is 4.07. The van der Waals surface area contributed by atoms with Crippen LogP contribution in [0.25, 0.3) is 0 Å². The minimum atomic E-state index is -1.02. The Morgan fingerprint density at radius 3 is 1.68 bits per heavy atom. The number of carbonyl (C=O) groups is 8. The van der Waals surface area contributed by atoms with Crippen molar-refractivity contribution >= 4 is 113 Å². The minimum absolute atomic E-state index is 0.0206. The van der Waals surface area contributed by atoms with Crippen molar-refractivity contribution in [3.63, 3.8) is 0 Å². The Hall–Kier alpha value is -1.46. The van der Waals surface area contributed by atoms with Crippen LogP contribution in [0.5, 0.6) is 0 Å². The average Bonchev–Trinajstić information content (AvgIpc) is 3.16. The molecule has 0 bridgehead atoms. The van der Waals surface area contributed by atoms with Crippen molar-refractivity contribution in [1.82, 2.24) is 5.32 Å². The van der Waals surface area contributed by atoms with Gasteiger partial charge in [-0.15, -0.1) is 47.0 Å². The Morgan fingerprint density at radius 2 is 1.22 bits per heavy atom. The standard InChI is InChI=1S/C21H36NO5PS2.C10H21N2O3P.C8H12O4S2/c1-3-16(21(26)22-11-20(25)27-14-28)7-5-4-6-8-17(24)13-30-19-10-9-18(19)29-12-15(2)23;11-6-2-1-3-8(12)9(13)4-5-10(14)15-7-16;9-7(10)3-13-5-1-2-6(5)14-4-8(11)12/h16,18-19H,3-14,28H2,1-2H3,(H,22,26);8H,1-7,11-12,16H2;5-6H,1-4H2,(H,9,10)(H,11,12)/t16-,18?,19?;8-;/m00./s1/i14T;7T;/t14?,16-,18?,19?;7?,8-;. The lowest BCUT2D eigenvalue weighted by Gasteiger charge is -2.35. The van der Waals surface area contributed by atoms with E-state index >= 15 is 0 Å². The van der Waals surface area contributed by atoms with Crippen LogP contribution in [0.4, 0.5) is 0 Å². The number of amides is 1. The number of rotatable bonds is 32. The number of carboxylic acid groups (broad SMARTS) is 2. The number of ether oxygens (including phenoxy) is 2. The Kier molecular flexibility index (Phi) is 33.7. The van der Waals surface area contributed by atoms with Crippen LogP contribution in [0.15, 0.2) is 0 Å². The first-order chi connectivity index (χ1) is 29.3. The number of ketones is 3. The SMILES string of the molecule is O=C(O)CSC1CCC1SCC(=O)O.[3H]C(P)OC(=O)CCC(=O)[C@@H](N)CCCCN.[3H]C(P)OC(=O)CNC(=O)[C@@H](CC)CCCCCC(=O)CSC1CCC1SCC(C)=O. The smallest absolute Gasteiger partial charge is 0.325 e. The molecule has 0 aliphatic heterocycles. The predicted octanol–water partition coefficient (Wildman–Crippen LogP) is 4.93. The highest BCUT2D eigenvalue weighted by Gasteiger charge is 2.33. The van der Waals surface area contributed by atoms with Gasteiger partial charge in [0.2, 0.25) is 5.91 Å². The largest absolute Gasteiger partial charge is 0.481 e. The molecular weight excluding hydrogens is 893 g/mol. The van der Waals surface area contributed by atoms with E-state index in [4.69, 9.17) is 24.4 Å². The van der Waals surface area contributed by atoms with Crippen molar-refractivity contribution in [1.29, 1.82) is 0 Å². The van der Waals surface area contributed by atoms with E-state index in [-0.39, 0.29) is 60.1 Å². The molecule has 7 N–H and O–H groups in total. The van der Waals surface area contributed by atoms with Gasteiger partial charge in [0.25, 0.3) is 0 Å². The first-order valence-electron chi connectivity index (χ1n) is 21.4. The Morgan fingerprint density at radius 1 is 0.717 bits per heavy atom. The van der Waals surface area contributed by atoms with E-state index in [1.807, 2.05) is 25.4 Å². The highest BCUT2D eigenvalue weighted by Crippen LogP contribution is 2.41. The average molecular weight is 966 g/mol. The third kappa shape index (κ3) is 30.6. The van der Waals surface area contributed by atoms with Crippen LogP contribution < -0.4 is 16.8 Å². The zero-order valence-corrected chi connectivity index (χ0v) is 40.5. The number of hydrogen-bond donors (Lipinski definition) is 5. The molecule has 0 aromatic carbocycles. The molecule has 2 rings (SSSR count). The summed E-state index contributed by atoms with van der Waals surface area (Å²) < 4.78 is 23.3. The van der Waals surface area contributed by atoms with Gasteiger partial charge in [-0.05, 0) is 71.3 Å². The van der Waals surface area contributed by atoms with E-state index in [1.54, 1.807) is 30.4 Å². The molecule has 0 saturated heterocycles. The minimum Gasteiger partial charge on any atom is -0.481 e. The van der Waals surface area contributed by atoms with Crippen molar-refractivity contribution in [3.05, 3.63) is 0 Å². The number of carbonyl (C=O) groups excluding carboxylic acids is 6. The van der Waals surface area contributed by atoms with E-state index in [1.165, 1.54) is 23.5 Å². The molecule has 2 saturated carbocycles. The fourth-order valence-electron chi connectivity index (χ4n) is 5.54. The topological polar surface area (TPSA) is 260 Å². The van der Waals surface area contributed by atoms with E-state index in [2.05, 4.69) is 14.8 Å². The van der Waals surface area contributed by atoms with Gasteiger partial charge in [0, 0.05) is 39.8 Å². The van der Waals surface area contributed by atoms with E-state index in [9.17, 15) is 38.4 Å². The van der Waals surface area contributed by atoms with Gasteiger partial charge in [-0.25, -0.2) is 0 Å². The van der Waals surface area contributed by atoms with Gasteiger partial charge in [0.15, 0.2) is 0 Å². The summed E-state index contributed by atoms with van der Waals surface area (Å²) in [6, 6.07) is -0.530. The maximum Gasteiger partial charge on any atom is 0.325 e. The Labute approximate surface area is 380 Å². The molecule has 0 heterocycles. The highest BCUT2D eigenvalue weighted by molar-refractivity contribution is 8.05. The third-order valence-corrected chi connectivity index (χ3v) is 15.7. The quantitative estimate of drug-likeness (QED) is 0.0340. The summed E-state index contributed by atoms with van der Waals surface area (Å²) in [5, 5.41) is 21.2. The van der Waals surface area contributed by atoms with Gasteiger partial charge < -0.3 is 36.5 Å². The number of nitrogens with one attached hydrogen (secondary N) is 1. The molecule has 346 valence electrons. The number of carboxylic acids is 2. The molecule has 0 radical (unpaired) electrons. The first kappa shape index (κ1) is 54.7. The number of hydrogen-bond acceptors (Lipinski definition) is 16. The van der Waals surface area contributed by atoms with Gasteiger partial charge in [-0.3, -0.25) is 38.4 Å². The van der Waals surface area contributed by atoms with Crippen LogP contribution in [0.2, 0.25) is 0 Å².